The van der Waals surface area contributed by atoms with Crippen LogP contribution in [0.5, 0.6) is 11.5 Å². The van der Waals surface area contributed by atoms with E-state index < -0.39 is 0 Å². The van der Waals surface area contributed by atoms with E-state index in [-0.39, 0.29) is 5.78 Å². The van der Waals surface area contributed by atoms with E-state index in [1.54, 1.807) is 6.92 Å². The van der Waals surface area contributed by atoms with Gasteiger partial charge in [0.1, 0.15) is 5.78 Å². The van der Waals surface area contributed by atoms with E-state index in [9.17, 15) is 4.79 Å². The predicted molar refractivity (Wildman–Crippen MR) is 65.8 cm³/mol. The molecule has 0 saturated heterocycles. The summed E-state index contributed by atoms with van der Waals surface area (Å²) >= 11 is 0. The zero-order valence-electron chi connectivity index (χ0n) is 10.4. The second-order valence-corrected chi connectivity index (χ2v) is 4.31. The lowest BCUT2D eigenvalue weighted by Gasteiger charge is -2.15. The van der Waals surface area contributed by atoms with Crippen LogP contribution in [0.2, 0.25) is 0 Å². The Balaban J connectivity index is 2.42. The molecule has 0 bridgehead atoms. The standard InChI is InChI=1S/C14H18O3/c1-3-12-11(9-10(2)15)5-6-13-14(12)17-8-4-7-16-13/h5-6H,3-4,7-9H2,1-2H3. The molecular formula is C14H18O3. The molecule has 0 fully saturated rings. The number of rotatable bonds is 3. The lowest BCUT2D eigenvalue weighted by molar-refractivity contribution is -0.116. The van der Waals surface area contributed by atoms with E-state index in [4.69, 9.17) is 9.47 Å². The Labute approximate surface area is 102 Å². The minimum atomic E-state index is 0.175. The molecule has 1 aromatic carbocycles. The maximum atomic E-state index is 11.2. The molecular weight excluding hydrogens is 216 g/mol. The van der Waals surface area contributed by atoms with Crippen LogP contribution < -0.4 is 9.47 Å². The number of Topliss-reactive ketones (excluding diaryl/α,β-unsaturated/α-hetero) is 1. The molecule has 1 heterocycles. The van der Waals surface area contributed by atoms with Crippen molar-refractivity contribution in [1.82, 2.24) is 0 Å². The van der Waals surface area contributed by atoms with Gasteiger partial charge in [0.2, 0.25) is 0 Å². The van der Waals surface area contributed by atoms with Gasteiger partial charge in [-0.15, -0.1) is 0 Å². The van der Waals surface area contributed by atoms with Crippen LogP contribution in [0.3, 0.4) is 0 Å². The van der Waals surface area contributed by atoms with Gasteiger partial charge >= 0.3 is 0 Å². The fourth-order valence-corrected chi connectivity index (χ4v) is 2.16. The fourth-order valence-electron chi connectivity index (χ4n) is 2.16. The van der Waals surface area contributed by atoms with Crippen molar-refractivity contribution in [2.24, 2.45) is 0 Å². The van der Waals surface area contributed by atoms with Crippen molar-refractivity contribution in [3.05, 3.63) is 23.3 Å². The smallest absolute Gasteiger partial charge is 0.164 e. The molecule has 92 valence electrons. The molecule has 0 spiro atoms. The topological polar surface area (TPSA) is 35.5 Å². The molecule has 0 N–H and O–H groups in total. The molecule has 3 heteroatoms. The van der Waals surface area contributed by atoms with E-state index >= 15 is 0 Å². The molecule has 1 aliphatic heterocycles. The third-order valence-electron chi connectivity index (χ3n) is 2.91. The summed E-state index contributed by atoms with van der Waals surface area (Å²) in [6.45, 7) is 5.07. The van der Waals surface area contributed by atoms with Gasteiger partial charge < -0.3 is 9.47 Å². The Morgan fingerprint density at radius 1 is 1.29 bits per heavy atom. The molecule has 0 atom stereocenters. The van der Waals surface area contributed by atoms with Crippen LogP contribution in [-0.4, -0.2) is 19.0 Å². The first-order chi connectivity index (χ1) is 8.22. The number of ketones is 1. The summed E-state index contributed by atoms with van der Waals surface area (Å²) in [5, 5.41) is 0. The fraction of sp³-hybridized carbons (Fsp3) is 0.500. The Bertz CT molecular complexity index is 424. The molecule has 0 saturated carbocycles. The SMILES string of the molecule is CCc1c(CC(C)=O)ccc2c1OCCCO2. The van der Waals surface area contributed by atoms with Crippen molar-refractivity contribution in [1.29, 1.82) is 0 Å². The quantitative estimate of drug-likeness (QED) is 0.806. The molecule has 0 aliphatic carbocycles. The molecule has 0 radical (unpaired) electrons. The second-order valence-electron chi connectivity index (χ2n) is 4.31. The van der Waals surface area contributed by atoms with Gasteiger partial charge in [-0.2, -0.15) is 0 Å². The van der Waals surface area contributed by atoms with Gasteiger partial charge in [-0.1, -0.05) is 13.0 Å². The van der Waals surface area contributed by atoms with Crippen LogP contribution in [0.1, 0.15) is 31.4 Å². The first-order valence-electron chi connectivity index (χ1n) is 6.12. The minimum Gasteiger partial charge on any atom is -0.490 e. The second kappa shape index (κ2) is 5.21. The number of benzene rings is 1. The molecule has 2 rings (SSSR count). The lowest BCUT2D eigenvalue weighted by atomic mass is 9.99. The summed E-state index contributed by atoms with van der Waals surface area (Å²) in [4.78, 5) is 11.2. The van der Waals surface area contributed by atoms with E-state index in [0.717, 1.165) is 35.5 Å². The molecule has 1 aromatic rings. The summed E-state index contributed by atoms with van der Waals surface area (Å²) in [5.41, 5.74) is 2.17. The van der Waals surface area contributed by atoms with Gasteiger partial charge in [-0.3, -0.25) is 4.79 Å². The highest BCUT2D eigenvalue weighted by atomic mass is 16.5. The first kappa shape index (κ1) is 12.0. The normalized spacial score (nSPS) is 14.2. The van der Waals surface area contributed by atoms with E-state index in [1.165, 1.54) is 0 Å². The summed E-state index contributed by atoms with van der Waals surface area (Å²) in [7, 11) is 0. The molecule has 0 aromatic heterocycles. The summed E-state index contributed by atoms with van der Waals surface area (Å²) in [6.07, 6.45) is 2.23. The maximum Gasteiger partial charge on any atom is 0.164 e. The highest BCUT2D eigenvalue weighted by Gasteiger charge is 2.17. The summed E-state index contributed by atoms with van der Waals surface area (Å²) in [5.74, 6) is 1.82. The van der Waals surface area contributed by atoms with E-state index in [0.29, 0.717) is 19.6 Å². The number of hydrogen-bond acceptors (Lipinski definition) is 3. The maximum absolute atomic E-state index is 11.2. The Kier molecular flexibility index (Phi) is 3.67. The largest absolute Gasteiger partial charge is 0.490 e. The number of hydrogen-bond donors (Lipinski definition) is 0. The van der Waals surface area contributed by atoms with E-state index in [1.807, 2.05) is 12.1 Å². The highest BCUT2D eigenvalue weighted by molar-refractivity contribution is 5.79. The molecule has 0 unspecified atom stereocenters. The highest BCUT2D eigenvalue weighted by Crippen LogP contribution is 2.36. The molecule has 17 heavy (non-hydrogen) atoms. The predicted octanol–water partition coefficient (Wildman–Crippen LogP) is 2.54. The molecule has 0 amide bonds. The zero-order valence-corrected chi connectivity index (χ0v) is 10.4. The molecule has 3 nitrogen and oxygen atoms in total. The Morgan fingerprint density at radius 3 is 2.76 bits per heavy atom. The lowest BCUT2D eigenvalue weighted by Crippen LogP contribution is -2.04. The summed E-state index contributed by atoms with van der Waals surface area (Å²) < 4.78 is 11.4. The van der Waals surface area contributed by atoms with Gasteiger partial charge in [-0.25, -0.2) is 0 Å². The third-order valence-corrected chi connectivity index (χ3v) is 2.91. The van der Waals surface area contributed by atoms with Crippen molar-refractivity contribution in [3.63, 3.8) is 0 Å². The number of ether oxygens (including phenoxy) is 2. The van der Waals surface area contributed by atoms with Crippen molar-refractivity contribution in [2.45, 2.75) is 33.1 Å². The number of fused-ring (bicyclic) bond motifs is 1. The van der Waals surface area contributed by atoms with Crippen molar-refractivity contribution in [3.8, 4) is 11.5 Å². The Morgan fingerprint density at radius 2 is 2.06 bits per heavy atom. The van der Waals surface area contributed by atoms with Crippen molar-refractivity contribution >= 4 is 5.78 Å². The van der Waals surface area contributed by atoms with E-state index in [2.05, 4.69) is 6.92 Å². The van der Waals surface area contributed by atoms with Crippen LogP contribution in [0.25, 0.3) is 0 Å². The third kappa shape index (κ3) is 2.60. The average molecular weight is 234 g/mol. The van der Waals surface area contributed by atoms with Gasteiger partial charge in [0.25, 0.3) is 0 Å². The number of carbonyl (C=O) groups excluding carboxylic acids is 1. The summed E-state index contributed by atoms with van der Waals surface area (Å²) in [6, 6.07) is 3.89. The van der Waals surface area contributed by atoms with Crippen LogP contribution >= 0.6 is 0 Å². The van der Waals surface area contributed by atoms with Crippen molar-refractivity contribution in [2.75, 3.05) is 13.2 Å². The monoisotopic (exact) mass is 234 g/mol. The van der Waals surface area contributed by atoms with Gasteiger partial charge in [-0.05, 0) is 25.0 Å². The minimum absolute atomic E-state index is 0.175. The number of carbonyl (C=O) groups is 1. The van der Waals surface area contributed by atoms with Crippen LogP contribution in [0, 0.1) is 0 Å². The van der Waals surface area contributed by atoms with Crippen LogP contribution in [0.4, 0.5) is 0 Å². The van der Waals surface area contributed by atoms with Gasteiger partial charge in [0.15, 0.2) is 11.5 Å². The zero-order chi connectivity index (χ0) is 12.3. The van der Waals surface area contributed by atoms with Gasteiger partial charge in [0.05, 0.1) is 13.2 Å². The average Bonchev–Trinajstić information content (AvgIpc) is 2.53. The van der Waals surface area contributed by atoms with Crippen LogP contribution in [0.15, 0.2) is 12.1 Å². The van der Waals surface area contributed by atoms with Crippen molar-refractivity contribution < 1.29 is 14.3 Å². The first-order valence-corrected chi connectivity index (χ1v) is 6.12. The van der Waals surface area contributed by atoms with Gasteiger partial charge in [0, 0.05) is 18.4 Å². The van der Waals surface area contributed by atoms with Crippen LogP contribution in [-0.2, 0) is 17.6 Å². The Hall–Kier alpha value is -1.51. The molecule has 1 aliphatic rings.